The lowest BCUT2D eigenvalue weighted by Crippen LogP contribution is -2.48. The monoisotopic (exact) mass is 377 g/mol. The molecule has 0 spiro atoms. The summed E-state index contributed by atoms with van der Waals surface area (Å²) in [5.74, 6) is 1.68. The number of aromatic nitrogens is 1. The zero-order valence-electron chi connectivity index (χ0n) is 15.0. The molecule has 2 aromatic rings. The zero-order chi connectivity index (χ0) is 17.9. The van der Waals surface area contributed by atoms with Crippen molar-refractivity contribution in [1.29, 1.82) is 0 Å². The van der Waals surface area contributed by atoms with E-state index in [-0.39, 0.29) is 18.3 Å². The number of benzene rings is 1. The van der Waals surface area contributed by atoms with Crippen molar-refractivity contribution in [3.63, 3.8) is 0 Å². The number of halogens is 1. The topological polar surface area (TPSA) is 86.5 Å². The summed E-state index contributed by atoms with van der Waals surface area (Å²) in [6, 6.07) is 11.2. The van der Waals surface area contributed by atoms with Crippen LogP contribution in [0.3, 0.4) is 0 Å². The van der Waals surface area contributed by atoms with E-state index in [1.54, 1.807) is 13.0 Å². The van der Waals surface area contributed by atoms with Crippen LogP contribution in [0.4, 0.5) is 5.82 Å². The van der Waals surface area contributed by atoms with Crippen LogP contribution in [0.25, 0.3) is 11.3 Å². The van der Waals surface area contributed by atoms with Gasteiger partial charge in [0.1, 0.15) is 19.0 Å². The van der Waals surface area contributed by atoms with E-state index in [0.717, 1.165) is 23.4 Å². The van der Waals surface area contributed by atoms with Gasteiger partial charge in [0, 0.05) is 5.56 Å². The van der Waals surface area contributed by atoms with E-state index < -0.39 is 5.54 Å². The number of amides is 1. The van der Waals surface area contributed by atoms with Crippen molar-refractivity contribution < 1.29 is 14.3 Å². The summed E-state index contributed by atoms with van der Waals surface area (Å²) in [6.45, 7) is 4.82. The minimum Gasteiger partial charge on any atom is -0.486 e. The van der Waals surface area contributed by atoms with E-state index in [0.29, 0.717) is 31.2 Å². The van der Waals surface area contributed by atoms with E-state index in [1.165, 1.54) is 0 Å². The van der Waals surface area contributed by atoms with Crippen LogP contribution >= 0.6 is 12.4 Å². The SMILES string of the molecule is CCCC(C)(N)C(=O)Nc1cccc(-c2ccc3c(c2)OCCO3)n1.Cl. The third-order valence-corrected chi connectivity index (χ3v) is 4.12. The zero-order valence-corrected chi connectivity index (χ0v) is 15.8. The Balaban J connectivity index is 0.00000243. The molecule has 2 heterocycles. The van der Waals surface area contributed by atoms with Crippen molar-refractivity contribution in [2.75, 3.05) is 18.5 Å². The molecule has 1 amide bonds. The molecule has 1 unspecified atom stereocenters. The van der Waals surface area contributed by atoms with E-state index in [1.807, 2.05) is 37.3 Å². The molecule has 140 valence electrons. The summed E-state index contributed by atoms with van der Waals surface area (Å²) >= 11 is 0. The van der Waals surface area contributed by atoms with E-state index in [9.17, 15) is 4.79 Å². The molecule has 0 bridgehead atoms. The molecule has 3 N–H and O–H groups in total. The number of fused-ring (bicyclic) bond motifs is 1. The number of rotatable bonds is 5. The molecule has 1 aromatic carbocycles. The number of carbonyl (C=O) groups excluding carboxylic acids is 1. The second kappa shape index (κ2) is 8.38. The number of pyridine rings is 1. The Labute approximate surface area is 159 Å². The van der Waals surface area contributed by atoms with Crippen molar-refractivity contribution in [2.24, 2.45) is 5.73 Å². The Morgan fingerprint density at radius 1 is 1.23 bits per heavy atom. The third kappa shape index (κ3) is 4.45. The Kier molecular flexibility index (Phi) is 6.45. The Morgan fingerprint density at radius 2 is 1.96 bits per heavy atom. The van der Waals surface area contributed by atoms with E-state index >= 15 is 0 Å². The maximum atomic E-state index is 12.4. The Bertz CT molecular complexity index is 780. The molecule has 1 atom stereocenters. The van der Waals surface area contributed by atoms with Gasteiger partial charge in [-0.2, -0.15) is 0 Å². The van der Waals surface area contributed by atoms with Crippen molar-refractivity contribution in [3.05, 3.63) is 36.4 Å². The molecule has 0 fully saturated rings. The summed E-state index contributed by atoms with van der Waals surface area (Å²) in [4.78, 5) is 16.9. The molecule has 6 nitrogen and oxygen atoms in total. The normalized spacial score (nSPS) is 14.7. The van der Waals surface area contributed by atoms with Gasteiger partial charge in [0.2, 0.25) is 5.91 Å². The predicted molar refractivity (Wildman–Crippen MR) is 104 cm³/mol. The number of hydrogen-bond acceptors (Lipinski definition) is 5. The minimum absolute atomic E-state index is 0. The van der Waals surface area contributed by atoms with Gasteiger partial charge in [-0.25, -0.2) is 4.98 Å². The Morgan fingerprint density at radius 3 is 2.69 bits per heavy atom. The third-order valence-electron chi connectivity index (χ3n) is 4.12. The van der Waals surface area contributed by atoms with Crippen LogP contribution < -0.4 is 20.5 Å². The van der Waals surface area contributed by atoms with Crippen LogP contribution in [-0.2, 0) is 4.79 Å². The van der Waals surface area contributed by atoms with E-state index in [4.69, 9.17) is 15.2 Å². The number of hydrogen-bond donors (Lipinski definition) is 2. The van der Waals surface area contributed by atoms with Gasteiger partial charge in [0.05, 0.1) is 11.2 Å². The van der Waals surface area contributed by atoms with Crippen molar-refractivity contribution in [2.45, 2.75) is 32.2 Å². The minimum atomic E-state index is -0.913. The highest BCUT2D eigenvalue weighted by Gasteiger charge is 2.27. The summed E-state index contributed by atoms with van der Waals surface area (Å²) in [5, 5.41) is 2.81. The molecule has 3 rings (SSSR count). The summed E-state index contributed by atoms with van der Waals surface area (Å²) in [6.07, 6.45) is 1.45. The van der Waals surface area contributed by atoms with Crippen molar-refractivity contribution >= 4 is 24.1 Å². The van der Waals surface area contributed by atoms with Crippen LogP contribution in [0.15, 0.2) is 36.4 Å². The quantitative estimate of drug-likeness (QED) is 0.833. The highest BCUT2D eigenvalue weighted by Crippen LogP contribution is 2.34. The van der Waals surface area contributed by atoms with Gasteiger partial charge in [-0.15, -0.1) is 12.4 Å². The van der Waals surface area contributed by atoms with Crippen LogP contribution in [0.2, 0.25) is 0 Å². The van der Waals surface area contributed by atoms with Gasteiger partial charge in [0.25, 0.3) is 0 Å². The molecule has 0 saturated carbocycles. The average Bonchev–Trinajstić information content (AvgIpc) is 2.61. The summed E-state index contributed by atoms with van der Waals surface area (Å²) in [5.41, 5.74) is 6.79. The van der Waals surface area contributed by atoms with Crippen LogP contribution in [0.1, 0.15) is 26.7 Å². The molecule has 7 heteroatoms. The Hall–Kier alpha value is -2.31. The molecule has 1 aliphatic rings. The molecular formula is C19H24ClN3O3. The number of ether oxygens (including phenoxy) is 2. The van der Waals surface area contributed by atoms with Gasteiger partial charge in [0.15, 0.2) is 11.5 Å². The largest absolute Gasteiger partial charge is 0.486 e. The molecule has 0 saturated heterocycles. The summed E-state index contributed by atoms with van der Waals surface area (Å²) in [7, 11) is 0. The molecule has 1 aromatic heterocycles. The van der Waals surface area contributed by atoms with Gasteiger partial charge < -0.3 is 20.5 Å². The standard InChI is InChI=1S/C19H23N3O3.ClH/c1-3-9-19(2,20)18(23)22-17-6-4-5-14(21-17)13-7-8-15-16(12-13)25-11-10-24-15;/h4-8,12H,3,9-11,20H2,1-2H3,(H,21,22,23);1H. The molecule has 0 aliphatic carbocycles. The second-order valence-electron chi connectivity index (χ2n) is 6.39. The second-order valence-corrected chi connectivity index (χ2v) is 6.39. The first-order valence-corrected chi connectivity index (χ1v) is 8.47. The number of carbonyl (C=O) groups is 1. The first kappa shape index (κ1) is 20.0. The fourth-order valence-electron chi connectivity index (χ4n) is 2.76. The van der Waals surface area contributed by atoms with E-state index in [2.05, 4.69) is 10.3 Å². The average molecular weight is 378 g/mol. The fraction of sp³-hybridized carbons (Fsp3) is 0.368. The molecule has 1 aliphatic heterocycles. The maximum absolute atomic E-state index is 12.4. The van der Waals surface area contributed by atoms with Crippen molar-refractivity contribution in [3.8, 4) is 22.8 Å². The lowest BCUT2D eigenvalue weighted by atomic mass is 9.96. The number of nitrogens with zero attached hydrogens (tertiary/aromatic N) is 1. The van der Waals surface area contributed by atoms with Crippen LogP contribution in [0, 0.1) is 0 Å². The smallest absolute Gasteiger partial charge is 0.245 e. The van der Waals surface area contributed by atoms with Gasteiger partial charge >= 0.3 is 0 Å². The first-order chi connectivity index (χ1) is 12.0. The number of nitrogens with two attached hydrogens (primary N) is 1. The first-order valence-electron chi connectivity index (χ1n) is 8.47. The van der Waals surface area contributed by atoms with Gasteiger partial charge in [-0.1, -0.05) is 19.4 Å². The van der Waals surface area contributed by atoms with Gasteiger partial charge in [-0.05, 0) is 43.7 Å². The molecule has 26 heavy (non-hydrogen) atoms. The summed E-state index contributed by atoms with van der Waals surface area (Å²) < 4.78 is 11.1. The maximum Gasteiger partial charge on any atom is 0.245 e. The molecule has 0 radical (unpaired) electrons. The fourth-order valence-corrected chi connectivity index (χ4v) is 2.76. The van der Waals surface area contributed by atoms with Crippen molar-refractivity contribution in [1.82, 2.24) is 4.98 Å². The number of nitrogens with one attached hydrogen (secondary N) is 1. The highest BCUT2D eigenvalue weighted by atomic mass is 35.5. The number of anilines is 1. The molecular weight excluding hydrogens is 354 g/mol. The predicted octanol–water partition coefficient (Wildman–Crippen LogP) is 3.40. The lowest BCUT2D eigenvalue weighted by Gasteiger charge is -2.22. The lowest BCUT2D eigenvalue weighted by molar-refractivity contribution is -0.120. The van der Waals surface area contributed by atoms with Crippen LogP contribution in [-0.4, -0.2) is 29.6 Å². The highest BCUT2D eigenvalue weighted by molar-refractivity contribution is 5.97. The van der Waals surface area contributed by atoms with Gasteiger partial charge in [-0.3, -0.25) is 4.79 Å². The van der Waals surface area contributed by atoms with Crippen LogP contribution in [0.5, 0.6) is 11.5 Å².